The minimum absolute atomic E-state index is 0.205. The Kier molecular flexibility index (Phi) is 1.96. The smallest absolute Gasteiger partial charge is 0.165 e. The van der Waals surface area contributed by atoms with Crippen LogP contribution in [-0.2, 0) is 0 Å². The first-order valence-corrected chi connectivity index (χ1v) is 4.41. The maximum absolute atomic E-state index is 12.9. The normalized spacial score (nSPS) is 26.0. The fourth-order valence-corrected chi connectivity index (χ4v) is 1.72. The number of halogens is 1. The van der Waals surface area contributed by atoms with E-state index in [-0.39, 0.29) is 11.7 Å². The van der Waals surface area contributed by atoms with E-state index < -0.39 is 5.82 Å². The van der Waals surface area contributed by atoms with Crippen molar-refractivity contribution in [3.63, 3.8) is 0 Å². The molecule has 1 aromatic carbocycles. The fraction of sp³-hybridized carbons (Fsp3) is 0.400. The van der Waals surface area contributed by atoms with Gasteiger partial charge in [-0.2, -0.15) is 0 Å². The summed E-state index contributed by atoms with van der Waals surface area (Å²) in [7, 11) is 0. The molecule has 1 saturated carbocycles. The molecule has 0 spiro atoms. The van der Waals surface area contributed by atoms with E-state index in [4.69, 9.17) is 5.73 Å². The molecule has 3 N–H and O–H groups in total. The van der Waals surface area contributed by atoms with Gasteiger partial charge in [0.25, 0.3) is 0 Å². The Bertz CT molecular complexity index is 327. The zero-order valence-electron chi connectivity index (χ0n) is 7.20. The Morgan fingerprint density at radius 3 is 2.92 bits per heavy atom. The molecule has 0 saturated heterocycles. The van der Waals surface area contributed by atoms with Crippen LogP contribution in [-0.4, -0.2) is 11.7 Å². The summed E-state index contributed by atoms with van der Waals surface area (Å²) in [6, 6.07) is 4.65. The van der Waals surface area contributed by atoms with E-state index in [9.17, 15) is 9.50 Å². The molecule has 0 aliphatic heterocycles. The van der Waals surface area contributed by atoms with Gasteiger partial charge in [0.15, 0.2) is 11.6 Å². The lowest BCUT2D eigenvalue weighted by molar-refractivity contribution is 0.425. The summed E-state index contributed by atoms with van der Waals surface area (Å²) in [5.74, 6) is -0.0583. The molecule has 0 heterocycles. The Morgan fingerprint density at radius 2 is 2.31 bits per heavy atom. The number of hydrogen-bond donors (Lipinski definition) is 2. The third-order valence-corrected chi connectivity index (χ3v) is 2.64. The number of nitrogens with two attached hydrogens (primary N) is 1. The number of aromatic hydroxyl groups is 1. The third-order valence-electron chi connectivity index (χ3n) is 2.64. The summed E-state index contributed by atoms with van der Waals surface area (Å²) in [6.07, 6.45) is 0.966. The van der Waals surface area contributed by atoms with E-state index >= 15 is 0 Å². The molecule has 2 atom stereocenters. The van der Waals surface area contributed by atoms with Crippen molar-refractivity contribution in [1.82, 2.24) is 0 Å². The van der Waals surface area contributed by atoms with Crippen LogP contribution >= 0.6 is 0 Å². The molecule has 0 unspecified atom stereocenters. The number of para-hydroxylation sites is 1. The highest BCUT2D eigenvalue weighted by atomic mass is 19.1. The van der Waals surface area contributed by atoms with Gasteiger partial charge in [-0.05, 0) is 30.9 Å². The number of phenolic OH excluding ortho intramolecular Hbond substituents is 1. The molecular weight excluding hydrogens is 169 g/mol. The average Bonchev–Trinajstić information content (AvgIpc) is 2.89. The van der Waals surface area contributed by atoms with E-state index in [1.165, 1.54) is 6.07 Å². The largest absolute Gasteiger partial charge is 0.505 e. The lowest BCUT2D eigenvalue weighted by Crippen LogP contribution is -2.02. The second kappa shape index (κ2) is 3.00. The van der Waals surface area contributed by atoms with E-state index in [0.29, 0.717) is 18.0 Å². The van der Waals surface area contributed by atoms with E-state index in [1.54, 1.807) is 12.1 Å². The Morgan fingerprint density at radius 1 is 1.54 bits per heavy atom. The summed E-state index contributed by atoms with van der Waals surface area (Å²) in [5.41, 5.74) is 6.18. The lowest BCUT2D eigenvalue weighted by atomic mass is 10.1. The van der Waals surface area contributed by atoms with Crippen molar-refractivity contribution in [1.29, 1.82) is 0 Å². The zero-order valence-corrected chi connectivity index (χ0v) is 7.20. The van der Waals surface area contributed by atoms with Gasteiger partial charge in [0.05, 0.1) is 0 Å². The standard InChI is InChI=1S/C10H12FNO/c11-9-3-1-2-7(10(9)13)8-4-6(8)5-12/h1-3,6,8,13H,4-5,12H2/t6-,8+/m0/s1. The SMILES string of the molecule is NC[C@@H]1C[C@H]1c1cccc(F)c1O. The molecule has 2 rings (SSSR count). The summed E-state index contributed by atoms with van der Waals surface area (Å²) in [5, 5.41) is 9.41. The highest BCUT2D eigenvalue weighted by molar-refractivity contribution is 5.39. The van der Waals surface area contributed by atoms with E-state index in [2.05, 4.69) is 0 Å². The molecule has 0 bridgehead atoms. The van der Waals surface area contributed by atoms with Gasteiger partial charge in [0, 0.05) is 5.56 Å². The van der Waals surface area contributed by atoms with Crippen molar-refractivity contribution < 1.29 is 9.50 Å². The summed E-state index contributed by atoms with van der Waals surface area (Å²) >= 11 is 0. The molecule has 0 aromatic heterocycles. The van der Waals surface area contributed by atoms with Crippen molar-refractivity contribution >= 4 is 0 Å². The second-order valence-corrected chi connectivity index (χ2v) is 3.52. The molecule has 1 aromatic rings. The predicted octanol–water partition coefficient (Wildman–Crippen LogP) is 1.59. The predicted molar refractivity (Wildman–Crippen MR) is 48.0 cm³/mol. The first kappa shape index (κ1) is 8.51. The van der Waals surface area contributed by atoms with Gasteiger partial charge < -0.3 is 10.8 Å². The Balaban J connectivity index is 2.27. The van der Waals surface area contributed by atoms with Crippen LogP contribution in [0.1, 0.15) is 17.9 Å². The molecule has 0 radical (unpaired) electrons. The van der Waals surface area contributed by atoms with Crippen molar-refractivity contribution in [2.45, 2.75) is 12.3 Å². The number of benzene rings is 1. The first-order chi connectivity index (χ1) is 6.24. The molecular formula is C10H12FNO. The Labute approximate surface area is 76.2 Å². The fourth-order valence-electron chi connectivity index (χ4n) is 1.72. The number of phenols is 1. The first-order valence-electron chi connectivity index (χ1n) is 4.41. The van der Waals surface area contributed by atoms with Crippen LogP contribution in [0.2, 0.25) is 0 Å². The van der Waals surface area contributed by atoms with Crippen molar-refractivity contribution in [2.75, 3.05) is 6.54 Å². The summed E-state index contributed by atoms with van der Waals surface area (Å²) in [4.78, 5) is 0. The van der Waals surface area contributed by atoms with Gasteiger partial charge in [-0.15, -0.1) is 0 Å². The highest BCUT2D eigenvalue weighted by Gasteiger charge is 2.38. The van der Waals surface area contributed by atoms with Crippen LogP contribution in [0.5, 0.6) is 5.75 Å². The molecule has 13 heavy (non-hydrogen) atoms. The monoisotopic (exact) mass is 181 g/mol. The molecule has 3 heteroatoms. The van der Waals surface area contributed by atoms with Gasteiger partial charge in [0.1, 0.15) is 0 Å². The van der Waals surface area contributed by atoms with Gasteiger partial charge in [-0.25, -0.2) is 4.39 Å². The van der Waals surface area contributed by atoms with Gasteiger partial charge in [0.2, 0.25) is 0 Å². The molecule has 70 valence electrons. The minimum Gasteiger partial charge on any atom is -0.505 e. The topological polar surface area (TPSA) is 46.2 Å². The van der Waals surface area contributed by atoms with Crippen molar-refractivity contribution in [3.8, 4) is 5.75 Å². The van der Waals surface area contributed by atoms with Crippen LogP contribution in [0, 0.1) is 11.7 Å². The summed E-state index contributed by atoms with van der Waals surface area (Å²) in [6.45, 7) is 0.612. The van der Waals surface area contributed by atoms with Gasteiger partial charge in [-0.1, -0.05) is 12.1 Å². The minimum atomic E-state index is -0.542. The lowest BCUT2D eigenvalue weighted by Gasteiger charge is -2.03. The maximum atomic E-state index is 12.9. The van der Waals surface area contributed by atoms with Crippen LogP contribution in [0.25, 0.3) is 0 Å². The number of hydrogen-bond acceptors (Lipinski definition) is 2. The Hall–Kier alpha value is -1.09. The third kappa shape index (κ3) is 1.40. The average molecular weight is 181 g/mol. The number of rotatable bonds is 2. The molecule has 1 fully saturated rings. The van der Waals surface area contributed by atoms with Crippen molar-refractivity contribution in [3.05, 3.63) is 29.6 Å². The van der Waals surface area contributed by atoms with Gasteiger partial charge in [-0.3, -0.25) is 0 Å². The summed E-state index contributed by atoms with van der Waals surface area (Å²) < 4.78 is 12.9. The molecule has 2 nitrogen and oxygen atoms in total. The van der Waals surface area contributed by atoms with E-state index in [0.717, 1.165) is 6.42 Å². The zero-order chi connectivity index (χ0) is 9.42. The van der Waals surface area contributed by atoms with E-state index in [1.807, 2.05) is 0 Å². The van der Waals surface area contributed by atoms with Gasteiger partial charge >= 0.3 is 0 Å². The maximum Gasteiger partial charge on any atom is 0.165 e. The molecule has 1 aliphatic carbocycles. The van der Waals surface area contributed by atoms with Crippen LogP contribution in [0.4, 0.5) is 4.39 Å². The second-order valence-electron chi connectivity index (χ2n) is 3.52. The van der Waals surface area contributed by atoms with Crippen molar-refractivity contribution in [2.24, 2.45) is 11.7 Å². The van der Waals surface area contributed by atoms with Crippen LogP contribution < -0.4 is 5.73 Å². The van der Waals surface area contributed by atoms with Crippen LogP contribution in [0.3, 0.4) is 0 Å². The molecule has 0 amide bonds. The quantitative estimate of drug-likeness (QED) is 0.727. The molecule has 1 aliphatic rings. The van der Waals surface area contributed by atoms with Crippen LogP contribution in [0.15, 0.2) is 18.2 Å². The highest BCUT2D eigenvalue weighted by Crippen LogP contribution is 2.49.